The summed E-state index contributed by atoms with van der Waals surface area (Å²) in [5.41, 5.74) is 0.774. The first-order chi connectivity index (χ1) is 12.7. The first-order valence-electron chi connectivity index (χ1n) is 7.49. The molecule has 1 saturated heterocycles. The molecule has 1 aliphatic heterocycles. The van der Waals surface area contributed by atoms with Crippen molar-refractivity contribution in [3.8, 4) is 0 Å². The number of carbonyl (C=O) groups is 4. The van der Waals surface area contributed by atoms with Crippen LogP contribution >= 0.6 is 0 Å². The van der Waals surface area contributed by atoms with Crippen LogP contribution < -0.4 is 0 Å². The number of benzene rings is 2. The first-order valence-corrected chi connectivity index (χ1v) is 7.49. The van der Waals surface area contributed by atoms with Gasteiger partial charge in [0.1, 0.15) is 6.10 Å². The van der Waals surface area contributed by atoms with Crippen LogP contribution in [0.1, 0.15) is 53.1 Å². The number of carboxylic acid groups (broad SMARTS) is 4. The SMILES string of the molecule is O=C(O)c1ccc(C(=O)O)c(C2CO2)c1.O=C(O)c1ccc(C(=O)O)cc1. The second kappa shape index (κ2) is 8.11. The van der Waals surface area contributed by atoms with Crippen LogP contribution in [0, 0.1) is 0 Å². The fourth-order valence-corrected chi connectivity index (χ4v) is 2.14. The number of ether oxygens (including phenoxy) is 1. The molecule has 4 N–H and O–H groups in total. The molecule has 9 heteroatoms. The Kier molecular flexibility index (Phi) is 5.89. The summed E-state index contributed by atoms with van der Waals surface area (Å²) in [5.74, 6) is -4.27. The minimum absolute atomic E-state index is 0.0745. The van der Waals surface area contributed by atoms with Gasteiger partial charge < -0.3 is 25.2 Å². The van der Waals surface area contributed by atoms with Crippen molar-refractivity contribution in [3.05, 3.63) is 70.3 Å². The molecule has 1 atom stereocenters. The van der Waals surface area contributed by atoms with Gasteiger partial charge in [0.15, 0.2) is 0 Å². The van der Waals surface area contributed by atoms with Gasteiger partial charge in [0.05, 0.1) is 28.9 Å². The number of aromatic carboxylic acids is 4. The van der Waals surface area contributed by atoms with Gasteiger partial charge in [-0.25, -0.2) is 19.2 Å². The molecule has 0 amide bonds. The van der Waals surface area contributed by atoms with E-state index in [1.807, 2.05) is 0 Å². The Morgan fingerprint density at radius 2 is 1.11 bits per heavy atom. The van der Waals surface area contributed by atoms with E-state index in [1.54, 1.807) is 0 Å². The van der Waals surface area contributed by atoms with Gasteiger partial charge >= 0.3 is 23.9 Å². The average molecular weight is 374 g/mol. The van der Waals surface area contributed by atoms with Crippen LogP contribution in [0.3, 0.4) is 0 Å². The highest BCUT2D eigenvalue weighted by molar-refractivity contribution is 5.93. The topological polar surface area (TPSA) is 162 Å². The van der Waals surface area contributed by atoms with Gasteiger partial charge in [-0.3, -0.25) is 0 Å². The normalized spacial score (nSPS) is 14.4. The van der Waals surface area contributed by atoms with Crippen LogP contribution in [0.4, 0.5) is 0 Å². The number of hydrogen-bond acceptors (Lipinski definition) is 5. The highest BCUT2D eigenvalue weighted by Crippen LogP contribution is 2.33. The summed E-state index contributed by atoms with van der Waals surface area (Å²) >= 11 is 0. The molecule has 140 valence electrons. The van der Waals surface area contributed by atoms with Crippen molar-refractivity contribution in [2.45, 2.75) is 6.10 Å². The number of hydrogen-bond donors (Lipinski definition) is 4. The summed E-state index contributed by atoms with van der Waals surface area (Å²) < 4.78 is 4.96. The zero-order valence-corrected chi connectivity index (χ0v) is 13.7. The molecule has 1 aliphatic rings. The maximum absolute atomic E-state index is 10.8. The van der Waals surface area contributed by atoms with Crippen molar-refractivity contribution in [1.82, 2.24) is 0 Å². The van der Waals surface area contributed by atoms with E-state index < -0.39 is 23.9 Å². The first kappa shape index (κ1) is 19.6. The van der Waals surface area contributed by atoms with Gasteiger partial charge in [0.2, 0.25) is 0 Å². The lowest BCUT2D eigenvalue weighted by Gasteiger charge is -2.03. The van der Waals surface area contributed by atoms with Crippen molar-refractivity contribution in [2.24, 2.45) is 0 Å². The molecule has 1 unspecified atom stereocenters. The minimum atomic E-state index is -1.08. The quantitative estimate of drug-likeness (QED) is 0.575. The smallest absolute Gasteiger partial charge is 0.336 e. The van der Waals surface area contributed by atoms with E-state index in [4.69, 9.17) is 25.2 Å². The summed E-state index contributed by atoms with van der Waals surface area (Å²) in [6.07, 6.45) is -0.268. The van der Waals surface area contributed by atoms with Crippen LogP contribution in [0.25, 0.3) is 0 Å². The molecule has 0 bridgehead atoms. The second-order valence-corrected chi connectivity index (χ2v) is 5.42. The molecule has 2 aromatic rings. The monoisotopic (exact) mass is 374 g/mol. The molecular weight excluding hydrogens is 360 g/mol. The Balaban J connectivity index is 0.000000199. The molecule has 0 aromatic heterocycles. The van der Waals surface area contributed by atoms with Gasteiger partial charge in [0, 0.05) is 0 Å². The van der Waals surface area contributed by atoms with E-state index in [-0.39, 0.29) is 28.4 Å². The van der Waals surface area contributed by atoms with Crippen molar-refractivity contribution >= 4 is 23.9 Å². The molecule has 1 fully saturated rings. The van der Waals surface area contributed by atoms with Crippen LogP contribution in [0.5, 0.6) is 0 Å². The third kappa shape index (κ3) is 5.13. The Bertz CT molecular complexity index is 863. The Morgan fingerprint density at radius 3 is 1.44 bits per heavy atom. The van der Waals surface area contributed by atoms with Gasteiger partial charge in [-0.15, -0.1) is 0 Å². The Labute approximate surface area is 152 Å². The predicted molar refractivity (Wildman–Crippen MR) is 89.4 cm³/mol. The lowest BCUT2D eigenvalue weighted by molar-refractivity contribution is 0.0679. The van der Waals surface area contributed by atoms with Crippen molar-refractivity contribution in [2.75, 3.05) is 6.61 Å². The molecular formula is C18H14O9. The van der Waals surface area contributed by atoms with Crippen molar-refractivity contribution in [3.63, 3.8) is 0 Å². The molecule has 3 rings (SSSR count). The molecule has 2 aromatic carbocycles. The summed E-state index contributed by atoms with van der Waals surface area (Å²) in [6, 6.07) is 8.94. The van der Waals surface area contributed by atoms with E-state index in [9.17, 15) is 19.2 Å². The fourth-order valence-electron chi connectivity index (χ4n) is 2.14. The number of carboxylic acids is 4. The van der Waals surface area contributed by atoms with Crippen molar-refractivity contribution < 1.29 is 44.3 Å². The maximum atomic E-state index is 10.8. The minimum Gasteiger partial charge on any atom is -0.478 e. The highest BCUT2D eigenvalue weighted by atomic mass is 16.6. The van der Waals surface area contributed by atoms with E-state index in [0.29, 0.717) is 12.2 Å². The molecule has 1 heterocycles. The second-order valence-electron chi connectivity index (χ2n) is 5.42. The third-order valence-electron chi connectivity index (χ3n) is 3.59. The molecule has 9 nitrogen and oxygen atoms in total. The molecule has 0 spiro atoms. The zero-order valence-electron chi connectivity index (χ0n) is 13.7. The lowest BCUT2D eigenvalue weighted by atomic mass is 10.0. The summed E-state index contributed by atoms with van der Waals surface area (Å²) in [5, 5.41) is 34.6. The highest BCUT2D eigenvalue weighted by Gasteiger charge is 2.30. The molecule has 0 saturated carbocycles. The predicted octanol–water partition coefficient (Wildman–Crippen LogP) is 2.24. The lowest BCUT2D eigenvalue weighted by Crippen LogP contribution is -2.05. The molecule has 27 heavy (non-hydrogen) atoms. The summed E-state index contributed by atoms with van der Waals surface area (Å²) in [6.45, 7) is 0.448. The Morgan fingerprint density at radius 1 is 0.704 bits per heavy atom. The molecule has 0 aliphatic carbocycles. The van der Waals surface area contributed by atoms with Crippen molar-refractivity contribution in [1.29, 1.82) is 0 Å². The van der Waals surface area contributed by atoms with E-state index in [1.165, 1.54) is 42.5 Å². The van der Waals surface area contributed by atoms with E-state index in [2.05, 4.69) is 0 Å². The van der Waals surface area contributed by atoms with E-state index in [0.717, 1.165) is 0 Å². The number of rotatable bonds is 5. The fraction of sp³-hybridized carbons (Fsp3) is 0.111. The van der Waals surface area contributed by atoms with Gasteiger partial charge in [-0.2, -0.15) is 0 Å². The van der Waals surface area contributed by atoms with Gasteiger partial charge in [-0.1, -0.05) is 0 Å². The molecule has 0 radical (unpaired) electrons. The standard InChI is InChI=1S/C10H8O5.C8H6O4/c11-9(12)5-1-2-6(10(13)14)7(3-5)8-4-15-8;9-7(10)5-1-2-6(4-3-5)8(11)12/h1-3,8H,4H2,(H,11,12)(H,13,14);1-4H,(H,9,10)(H,11,12). The maximum Gasteiger partial charge on any atom is 0.336 e. The summed E-state index contributed by atoms with van der Waals surface area (Å²) in [7, 11) is 0. The summed E-state index contributed by atoms with van der Waals surface area (Å²) in [4.78, 5) is 42.2. The van der Waals surface area contributed by atoms with E-state index >= 15 is 0 Å². The average Bonchev–Trinajstić information content (AvgIpc) is 3.46. The van der Waals surface area contributed by atoms with Crippen LogP contribution in [-0.4, -0.2) is 50.9 Å². The van der Waals surface area contributed by atoms with Crippen LogP contribution in [0.15, 0.2) is 42.5 Å². The van der Waals surface area contributed by atoms with Gasteiger partial charge in [-0.05, 0) is 48.0 Å². The zero-order chi connectivity index (χ0) is 20.1. The van der Waals surface area contributed by atoms with Crippen LogP contribution in [-0.2, 0) is 4.74 Å². The third-order valence-corrected chi connectivity index (χ3v) is 3.59. The Hall–Kier alpha value is -3.72. The van der Waals surface area contributed by atoms with Gasteiger partial charge in [0.25, 0.3) is 0 Å². The largest absolute Gasteiger partial charge is 0.478 e. The number of epoxide rings is 1. The van der Waals surface area contributed by atoms with Crippen LogP contribution in [0.2, 0.25) is 0 Å².